The number of rotatable bonds is 8. The largest absolute Gasteiger partial charge is 0.480 e. The highest BCUT2D eigenvalue weighted by molar-refractivity contribution is 7.81. The van der Waals surface area contributed by atoms with Crippen LogP contribution in [0.2, 0.25) is 0 Å². The summed E-state index contributed by atoms with van der Waals surface area (Å²) in [4.78, 5) is 26.1. The van der Waals surface area contributed by atoms with E-state index >= 15 is 0 Å². The van der Waals surface area contributed by atoms with Gasteiger partial charge in [-0.1, -0.05) is 62.4 Å². The summed E-state index contributed by atoms with van der Waals surface area (Å²) in [6, 6.07) is 18.7. The molecule has 1 N–H and O–H groups in total. The Kier molecular flexibility index (Phi) is 7.27. The van der Waals surface area contributed by atoms with Gasteiger partial charge in [0.05, 0.1) is 5.92 Å². The minimum atomic E-state index is -1.04. The molecule has 0 heterocycles. The maximum Gasteiger partial charge on any atom is 0.323 e. The van der Waals surface area contributed by atoms with Crippen LogP contribution in [0.3, 0.4) is 0 Å². The number of aliphatic carboxylic acids is 1. The maximum absolute atomic E-state index is 13.3. The SMILES string of the molecule is CC(C)C(S)C(Cc1ccccc1)C(=O)N(CC(=O)O)c1ccccc1. The highest BCUT2D eigenvalue weighted by Gasteiger charge is 2.33. The Morgan fingerprint density at radius 2 is 1.54 bits per heavy atom. The minimum absolute atomic E-state index is 0.178. The van der Waals surface area contributed by atoms with Crippen molar-refractivity contribution in [3.05, 3.63) is 66.2 Å². The van der Waals surface area contributed by atoms with Crippen molar-refractivity contribution in [1.82, 2.24) is 0 Å². The number of carbonyl (C=O) groups excluding carboxylic acids is 1. The number of hydrogen-bond acceptors (Lipinski definition) is 3. The van der Waals surface area contributed by atoms with E-state index in [4.69, 9.17) is 12.6 Å². The summed E-state index contributed by atoms with van der Waals surface area (Å²) in [6.07, 6.45) is 0.523. The molecule has 2 atom stereocenters. The Bertz CT molecular complexity index is 719. The number of carboxylic acids is 1. The van der Waals surface area contributed by atoms with E-state index in [1.54, 1.807) is 24.3 Å². The average Bonchev–Trinajstić information content (AvgIpc) is 2.64. The number of para-hydroxylation sites is 1. The van der Waals surface area contributed by atoms with Crippen molar-refractivity contribution in [3.63, 3.8) is 0 Å². The molecule has 0 fully saturated rings. The number of amides is 1. The second-order valence-corrected chi connectivity index (χ2v) is 7.28. The van der Waals surface area contributed by atoms with Crippen LogP contribution in [0, 0.1) is 11.8 Å². The van der Waals surface area contributed by atoms with Gasteiger partial charge >= 0.3 is 5.97 Å². The third-order valence-corrected chi connectivity index (χ3v) is 5.29. The lowest BCUT2D eigenvalue weighted by Crippen LogP contribution is -2.44. The molecule has 138 valence electrons. The van der Waals surface area contributed by atoms with E-state index in [1.807, 2.05) is 50.2 Å². The zero-order chi connectivity index (χ0) is 19.1. The molecule has 0 aliphatic heterocycles. The lowest BCUT2D eigenvalue weighted by atomic mass is 9.89. The van der Waals surface area contributed by atoms with Crippen LogP contribution < -0.4 is 4.90 Å². The molecular formula is C21H25NO3S. The number of carbonyl (C=O) groups is 2. The zero-order valence-electron chi connectivity index (χ0n) is 15.1. The Morgan fingerprint density at radius 1 is 1.00 bits per heavy atom. The van der Waals surface area contributed by atoms with Crippen LogP contribution in [0.5, 0.6) is 0 Å². The molecule has 0 spiro atoms. The van der Waals surface area contributed by atoms with Gasteiger partial charge in [0.1, 0.15) is 6.54 Å². The van der Waals surface area contributed by atoms with Crippen molar-refractivity contribution in [1.29, 1.82) is 0 Å². The van der Waals surface area contributed by atoms with Gasteiger partial charge in [0.15, 0.2) is 0 Å². The molecule has 0 aliphatic carbocycles. The number of hydrogen-bond donors (Lipinski definition) is 2. The van der Waals surface area contributed by atoms with Crippen molar-refractivity contribution >= 4 is 30.2 Å². The van der Waals surface area contributed by atoms with Crippen LogP contribution in [0.1, 0.15) is 19.4 Å². The number of carboxylic acid groups (broad SMARTS) is 1. The Morgan fingerprint density at radius 3 is 2.04 bits per heavy atom. The monoisotopic (exact) mass is 371 g/mol. The first-order valence-electron chi connectivity index (χ1n) is 8.70. The van der Waals surface area contributed by atoms with Gasteiger partial charge in [-0.15, -0.1) is 0 Å². The Labute approximate surface area is 160 Å². The molecule has 0 aromatic heterocycles. The lowest BCUT2D eigenvalue weighted by molar-refractivity contribution is -0.137. The van der Waals surface area contributed by atoms with Gasteiger partial charge in [-0.3, -0.25) is 9.59 Å². The van der Waals surface area contributed by atoms with Crippen LogP contribution >= 0.6 is 12.6 Å². The standard InChI is InChI=1S/C21H25NO3S/c1-15(2)20(26)18(13-16-9-5-3-6-10-16)21(25)22(14-19(23)24)17-11-7-4-8-12-17/h3-12,15,18,20,26H,13-14H2,1-2H3,(H,23,24). The molecule has 1 amide bonds. The molecule has 2 unspecified atom stereocenters. The summed E-state index contributed by atoms with van der Waals surface area (Å²) in [5.74, 6) is -1.49. The first-order chi connectivity index (χ1) is 12.4. The Balaban J connectivity index is 2.36. The van der Waals surface area contributed by atoms with Gasteiger partial charge in [-0.05, 0) is 30.0 Å². The fourth-order valence-corrected chi connectivity index (χ4v) is 3.16. The summed E-state index contributed by atoms with van der Waals surface area (Å²) >= 11 is 4.69. The van der Waals surface area contributed by atoms with Gasteiger partial charge in [-0.2, -0.15) is 12.6 Å². The molecular weight excluding hydrogens is 346 g/mol. The van der Waals surface area contributed by atoms with Gasteiger partial charge in [-0.25, -0.2) is 0 Å². The number of benzene rings is 2. The van der Waals surface area contributed by atoms with E-state index in [9.17, 15) is 14.7 Å². The molecule has 0 saturated heterocycles. The number of nitrogens with zero attached hydrogens (tertiary/aromatic N) is 1. The molecule has 0 saturated carbocycles. The number of thiol groups is 1. The van der Waals surface area contributed by atoms with Gasteiger partial charge in [0.25, 0.3) is 0 Å². The molecule has 2 aromatic rings. The fourth-order valence-electron chi connectivity index (χ4n) is 2.93. The highest BCUT2D eigenvalue weighted by Crippen LogP contribution is 2.27. The van der Waals surface area contributed by atoms with Crippen molar-refractivity contribution in [2.45, 2.75) is 25.5 Å². The smallest absolute Gasteiger partial charge is 0.323 e. The van der Waals surface area contributed by atoms with Crippen molar-refractivity contribution in [2.24, 2.45) is 11.8 Å². The normalized spacial score (nSPS) is 13.2. The van der Waals surface area contributed by atoms with Crippen LogP contribution in [-0.2, 0) is 16.0 Å². The van der Waals surface area contributed by atoms with Crippen molar-refractivity contribution in [2.75, 3.05) is 11.4 Å². The molecule has 26 heavy (non-hydrogen) atoms. The first-order valence-corrected chi connectivity index (χ1v) is 9.22. The van der Waals surface area contributed by atoms with E-state index in [0.29, 0.717) is 12.1 Å². The summed E-state index contributed by atoms with van der Waals surface area (Å²) in [5.41, 5.74) is 1.62. The Hall–Kier alpha value is -2.27. The molecule has 2 rings (SSSR count). The topological polar surface area (TPSA) is 57.6 Å². The van der Waals surface area contributed by atoms with E-state index in [-0.39, 0.29) is 23.6 Å². The van der Waals surface area contributed by atoms with E-state index in [1.165, 1.54) is 4.90 Å². The van der Waals surface area contributed by atoms with E-state index in [0.717, 1.165) is 5.56 Å². The molecule has 0 aliphatic rings. The molecule has 4 nitrogen and oxygen atoms in total. The van der Waals surface area contributed by atoms with E-state index in [2.05, 4.69) is 0 Å². The quantitative estimate of drug-likeness (QED) is 0.692. The van der Waals surface area contributed by atoms with Gasteiger partial charge < -0.3 is 10.0 Å². The summed E-state index contributed by atoms with van der Waals surface area (Å²) in [6.45, 7) is 3.67. The van der Waals surface area contributed by atoms with Crippen LogP contribution in [0.25, 0.3) is 0 Å². The van der Waals surface area contributed by atoms with E-state index < -0.39 is 11.9 Å². The fraction of sp³-hybridized carbons (Fsp3) is 0.333. The van der Waals surface area contributed by atoms with Gasteiger partial charge in [0, 0.05) is 10.9 Å². The zero-order valence-corrected chi connectivity index (χ0v) is 16.0. The summed E-state index contributed by atoms with van der Waals surface area (Å²) in [5, 5.41) is 9.12. The first kappa shape index (κ1) is 20.0. The molecule has 0 radical (unpaired) electrons. The third-order valence-electron chi connectivity index (χ3n) is 4.34. The van der Waals surface area contributed by atoms with Crippen LogP contribution in [-0.4, -0.2) is 28.8 Å². The van der Waals surface area contributed by atoms with Crippen LogP contribution in [0.4, 0.5) is 5.69 Å². The predicted molar refractivity (Wildman–Crippen MR) is 108 cm³/mol. The second-order valence-electron chi connectivity index (χ2n) is 6.68. The average molecular weight is 372 g/mol. The highest BCUT2D eigenvalue weighted by atomic mass is 32.1. The lowest BCUT2D eigenvalue weighted by Gasteiger charge is -2.31. The summed E-state index contributed by atoms with van der Waals surface area (Å²) < 4.78 is 0. The third kappa shape index (κ3) is 5.36. The van der Waals surface area contributed by atoms with Crippen LogP contribution in [0.15, 0.2) is 60.7 Å². The minimum Gasteiger partial charge on any atom is -0.480 e. The molecule has 5 heteroatoms. The van der Waals surface area contributed by atoms with Crippen molar-refractivity contribution < 1.29 is 14.7 Å². The van der Waals surface area contributed by atoms with Gasteiger partial charge in [0.2, 0.25) is 5.91 Å². The summed E-state index contributed by atoms with van der Waals surface area (Å²) in [7, 11) is 0. The molecule has 2 aromatic carbocycles. The number of anilines is 1. The second kappa shape index (κ2) is 9.43. The van der Waals surface area contributed by atoms with Crippen molar-refractivity contribution in [3.8, 4) is 0 Å². The molecule has 0 bridgehead atoms. The maximum atomic E-state index is 13.3. The predicted octanol–water partition coefficient (Wildman–Crippen LogP) is 3.92.